The minimum atomic E-state index is -0.447. The minimum absolute atomic E-state index is 0.244. The molecule has 2 aromatic heterocycles. The summed E-state index contributed by atoms with van der Waals surface area (Å²) in [6.07, 6.45) is 3.20. The van der Waals surface area contributed by atoms with Gasteiger partial charge in [0.15, 0.2) is 0 Å². The van der Waals surface area contributed by atoms with Crippen molar-refractivity contribution in [2.75, 3.05) is 0 Å². The highest BCUT2D eigenvalue weighted by Crippen LogP contribution is 2.14. The third kappa shape index (κ3) is 2.13. The van der Waals surface area contributed by atoms with Crippen LogP contribution in [0.25, 0.3) is 11.3 Å². The Labute approximate surface area is 91.2 Å². The van der Waals surface area contributed by atoms with Gasteiger partial charge in [-0.05, 0) is 6.07 Å². The number of rotatable bonds is 2. The molecule has 2 heterocycles. The zero-order chi connectivity index (χ0) is 11.5. The SMILES string of the molecule is CCc1nc(-c2cncc(F)c2)cc(=O)[nH]1. The Hall–Kier alpha value is -2.04. The third-order valence-corrected chi connectivity index (χ3v) is 2.13. The first-order valence-corrected chi connectivity index (χ1v) is 4.90. The summed E-state index contributed by atoms with van der Waals surface area (Å²) in [7, 11) is 0. The smallest absolute Gasteiger partial charge is 0.251 e. The van der Waals surface area contributed by atoms with Gasteiger partial charge in [0.2, 0.25) is 0 Å². The molecule has 82 valence electrons. The molecule has 0 fully saturated rings. The summed E-state index contributed by atoms with van der Waals surface area (Å²) < 4.78 is 13.0. The molecule has 2 rings (SSSR count). The van der Waals surface area contributed by atoms with Gasteiger partial charge in [-0.2, -0.15) is 0 Å². The van der Waals surface area contributed by atoms with Crippen LogP contribution in [0.2, 0.25) is 0 Å². The van der Waals surface area contributed by atoms with Crippen molar-refractivity contribution in [3.63, 3.8) is 0 Å². The molecule has 1 N–H and O–H groups in total. The van der Waals surface area contributed by atoms with Gasteiger partial charge in [0, 0.05) is 24.2 Å². The quantitative estimate of drug-likeness (QED) is 0.833. The molecule has 0 saturated heterocycles. The highest BCUT2D eigenvalue weighted by molar-refractivity contribution is 5.57. The molecule has 0 radical (unpaired) electrons. The molecular formula is C11H10FN3O. The summed E-state index contributed by atoms with van der Waals surface area (Å²) in [5.41, 5.74) is 0.694. The van der Waals surface area contributed by atoms with Crippen molar-refractivity contribution in [3.8, 4) is 11.3 Å². The maximum absolute atomic E-state index is 13.0. The summed E-state index contributed by atoms with van der Waals surface area (Å²) in [5.74, 6) is 0.129. The van der Waals surface area contributed by atoms with Gasteiger partial charge < -0.3 is 4.98 Å². The fourth-order valence-corrected chi connectivity index (χ4v) is 1.38. The van der Waals surface area contributed by atoms with Crippen LogP contribution in [0.4, 0.5) is 4.39 Å². The van der Waals surface area contributed by atoms with Gasteiger partial charge in [0.25, 0.3) is 5.56 Å². The molecule has 0 aliphatic rings. The number of aromatic amines is 1. The van der Waals surface area contributed by atoms with E-state index in [1.165, 1.54) is 18.3 Å². The van der Waals surface area contributed by atoms with Gasteiger partial charge in [0.1, 0.15) is 11.6 Å². The Balaban J connectivity index is 2.55. The van der Waals surface area contributed by atoms with E-state index < -0.39 is 5.82 Å². The lowest BCUT2D eigenvalue weighted by Gasteiger charge is -2.02. The van der Waals surface area contributed by atoms with E-state index in [2.05, 4.69) is 15.0 Å². The second-order valence-corrected chi connectivity index (χ2v) is 3.32. The van der Waals surface area contributed by atoms with Crippen LogP contribution < -0.4 is 5.56 Å². The van der Waals surface area contributed by atoms with E-state index in [9.17, 15) is 9.18 Å². The number of pyridine rings is 1. The van der Waals surface area contributed by atoms with Crippen LogP contribution in [0, 0.1) is 5.82 Å². The lowest BCUT2D eigenvalue weighted by atomic mass is 10.2. The van der Waals surface area contributed by atoms with Crippen LogP contribution in [0.1, 0.15) is 12.7 Å². The molecule has 0 aromatic carbocycles. The van der Waals surface area contributed by atoms with Gasteiger partial charge in [-0.15, -0.1) is 0 Å². The van der Waals surface area contributed by atoms with Crippen molar-refractivity contribution in [2.24, 2.45) is 0 Å². The molecule has 0 amide bonds. The fourth-order valence-electron chi connectivity index (χ4n) is 1.38. The van der Waals surface area contributed by atoms with E-state index in [1.54, 1.807) is 0 Å². The van der Waals surface area contributed by atoms with Crippen molar-refractivity contribution >= 4 is 0 Å². The molecule has 16 heavy (non-hydrogen) atoms. The number of aromatic nitrogens is 3. The number of nitrogens with zero attached hydrogens (tertiary/aromatic N) is 2. The first-order valence-electron chi connectivity index (χ1n) is 4.90. The zero-order valence-electron chi connectivity index (χ0n) is 8.70. The summed E-state index contributed by atoms with van der Waals surface area (Å²) in [5, 5.41) is 0. The molecule has 0 unspecified atom stereocenters. The molecule has 0 saturated carbocycles. The molecule has 2 aromatic rings. The van der Waals surface area contributed by atoms with Crippen LogP contribution in [0.15, 0.2) is 29.3 Å². The second kappa shape index (κ2) is 4.22. The zero-order valence-corrected chi connectivity index (χ0v) is 8.70. The third-order valence-electron chi connectivity index (χ3n) is 2.13. The maximum Gasteiger partial charge on any atom is 0.251 e. The Morgan fingerprint density at radius 3 is 2.88 bits per heavy atom. The number of hydrogen-bond acceptors (Lipinski definition) is 3. The average molecular weight is 219 g/mol. The highest BCUT2D eigenvalue weighted by atomic mass is 19.1. The van der Waals surface area contributed by atoms with Crippen molar-refractivity contribution in [1.29, 1.82) is 0 Å². The number of halogens is 1. The minimum Gasteiger partial charge on any atom is -0.311 e. The molecule has 0 aliphatic heterocycles. The summed E-state index contributed by atoms with van der Waals surface area (Å²) in [4.78, 5) is 21.8. The molecule has 0 bridgehead atoms. The molecule has 4 nitrogen and oxygen atoms in total. The molecule has 0 atom stereocenters. The van der Waals surface area contributed by atoms with Crippen molar-refractivity contribution in [3.05, 3.63) is 46.5 Å². The van der Waals surface area contributed by atoms with Gasteiger partial charge in [-0.3, -0.25) is 9.78 Å². The molecule has 0 spiro atoms. The van der Waals surface area contributed by atoms with Crippen molar-refractivity contribution in [2.45, 2.75) is 13.3 Å². The van der Waals surface area contributed by atoms with E-state index in [4.69, 9.17) is 0 Å². The lowest BCUT2D eigenvalue weighted by molar-refractivity contribution is 0.622. The Kier molecular flexibility index (Phi) is 2.76. The predicted molar refractivity (Wildman–Crippen MR) is 57.4 cm³/mol. The van der Waals surface area contributed by atoms with Crippen LogP contribution in [0.3, 0.4) is 0 Å². The van der Waals surface area contributed by atoms with Gasteiger partial charge in [0.05, 0.1) is 11.9 Å². The van der Waals surface area contributed by atoms with Gasteiger partial charge in [-0.25, -0.2) is 9.37 Å². The van der Waals surface area contributed by atoms with E-state index in [1.807, 2.05) is 6.92 Å². The Morgan fingerprint density at radius 1 is 1.38 bits per heavy atom. The highest BCUT2D eigenvalue weighted by Gasteiger charge is 2.04. The first kappa shape index (κ1) is 10.5. The summed E-state index contributed by atoms with van der Waals surface area (Å²) >= 11 is 0. The number of hydrogen-bond donors (Lipinski definition) is 1. The lowest BCUT2D eigenvalue weighted by Crippen LogP contribution is -2.10. The largest absolute Gasteiger partial charge is 0.311 e. The van der Waals surface area contributed by atoms with E-state index in [0.29, 0.717) is 23.5 Å². The normalized spacial score (nSPS) is 10.4. The number of nitrogens with one attached hydrogen (secondary N) is 1. The topological polar surface area (TPSA) is 58.6 Å². The second-order valence-electron chi connectivity index (χ2n) is 3.32. The number of H-pyrrole nitrogens is 1. The standard InChI is InChI=1S/C11H10FN3O/c1-2-10-14-9(4-11(16)15-10)7-3-8(12)6-13-5-7/h3-6H,2H2,1H3,(H,14,15,16). The van der Waals surface area contributed by atoms with Crippen LogP contribution in [0.5, 0.6) is 0 Å². The summed E-state index contributed by atoms with van der Waals surface area (Å²) in [6.45, 7) is 1.88. The van der Waals surface area contributed by atoms with E-state index >= 15 is 0 Å². The van der Waals surface area contributed by atoms with Gasteiger partial charge in [-0.1, -0.05) is 6.92 Å². The monoisotopic (exact) mass is 219 g/mol. The van der Waals surface area contributed by atoms with Crippen molar-refractivity contribution in [1.82, 2.24) is 15.0 Å². The molecule has 0 aliphatic carbocycles. The van der Waals surface area contributed by atoms with E-state index in [0.717, 1.165) is 6.20 Å². The van der Waals surface area contributed by atoms with Crippen LogP contribution in [-0.4, -0.2) is 15.0 Å². The van der Waals surface area contributed by atoms with Crippen molar-refractivity contribution < 1.29 is 4.39 Å². The maximum atomic E-state index is 13.0. The van der Waals surface area contributed by atoms with Crippen LogP contribution in [-0.2, 0) is 6.42 Å². The van der Waals surface area contributed by atoms with Gasteiger partial charge >= 0.3 is 0 Å². The number of aryl methyl sites for hydroxylation is 1. The molecular weight excluding hydrogens is 209 g/mol. The Bertz CT molecular complexity index is 565. The first-order chi connectivity index (χ1) is 7.69. The van der Waals surface area contributed by atoms with E-state index in [-0.39, 0.29) is 5.56 Å². The summed E-state index contributed by atoms with van der Waals surface area (Å²) in [6, 6.07) is 2.63. The average Bonchev–Trinajstić information content (AvgIpc) is 2.28. The fraction of sp³-hybridized carbons (Fsp3) is 0.182. The van der Waals surface area contributed by atoms with Crippen LogP contribution >= 0.6 is 0 Å². The Morgan fingerprint density at radius 2 is 2.19 bits per heavy atom. The molecule has 5 heteroatoms. The predicted octanol–water partition coefficient (Wildman–Crippen LogP) is 1.53.